The van der Waals surface area contributed by atoms with Gasteiger partial charge in [-0.1, -0.05) is 17.2 Å². The van der Waals surface area contributed by atoms with Crippen molar-refractivity contribution in [1.82, 2.24) is 5.06 Å². The third-order valence-corrected chi connectivity index (χ3v) is 5.36. The molecule has 1 aromatic carbocycles. The lowest BCUT2D eigenvalue weighted by Gasteiger charge is -2.12. The van der Waals surface area contributed by atoms with Crippen LogP contribution in [0.25, 0.3) is 0 Å². The fourth-order valence-electron chi connectivity index (χ4n) is 2.69. The second-order valence-electron chi connectivity index (χ2n) is 6.22. The van der Waals surface area contributed by atoms with Gasteiger partial charge in [0.1, 0.15) is 4.88 Å². The molecule has 0 radical (unpaired) electrons. The number of benzene rings is 1. The van der Waals surface area contributed by atoms with Crippen LogP contribution in [-0.2, 0) is 9.63 Å². The lowest BCUT2D eigenvalue weighted by Crippen LogP contribution is -2.32. The van der Waals surface area contributed by atoms with Crippen molar-refractivity contribution < 1.29 is 24.0 Å². The number of rotatable bonds is 4. The summed E-state index contributed by atoms with van der Waals surface area (Å²) in [6.45, 7) is 1.70. The third-order valence-electron chi connectivity index (χ3n) is 4.23. The highest BCUT2D eigenvalue weighted by Gasteiger charge is 2.39. The van der Waals surface area contributed by atoms with Gasteiger partial charge in [0.25, 0.3) is 11.8 Å². The van der Waals surface area contributed by atoms with E-state index in [0.717, 1.165) is 24.2 Å². The second-order valence-corrected chi connectivity index (χ2v) is 7.27. The number of hydrogen-bond donors (Lipinski definition) is 1. The Morgan fingerprint density at radius 3 is 2.35 bits per heavy atom. The van der Waals surface area contributed by atoms with Crippen LogP contribution < -0.4 is 5.32 Å². The van der Waals surface area contributed by atoms with Gasteiger partial charge < -0.3 is 10.2 Å². The number of hydrogen-bond acceptors (Lipinski definition) is 6. The van der Waals surface area contributed by atoms with Gasteiger partial charge in [-0.25, -0.2) is 4.79 Å². The van der Waals surface area contributed by atoms with E-state index in [2.05, 4.69) is 5.32 Å². The fourth-order valence-corrected chi connectivity index (χ4v) is 3.64. The van der Waals surface area contributed by atoms with Gasteiger partial charge in [0.15, 0.2) is 0 Å². The van der Waals surface area contributed by atoms with Crippen LogP contribution in [0.2, 0.25) is 0 Å². The maximum atomic E-state index is 12.4. The number of nitrogens with zero attached hydrogens (tertiary/aromatic N) is 1. The Labute approximate surface area is 152 Å². The predicted octanol–water partition coefficient (Wildman–Crippen LogP) is 2.77. The first-order chi connectivity index (χ1) is 12.5. The van der Waals surface area contributed by atoms with Crippen molar-refractivity contribution in [1.29, 1.82) is 0 Å². The van der Waals surface area contributed by atoms with Crippen LogP contribution in [0.15, 0.2) is 30.3 Å². The zero-order valence-electron chi connectivity index (χ0n) is 13.8. The number of carbonyl (C=O) groups excluding carboxylic acids is 4. The van der Waals surface area contributed by atoms with E-state index in [0.29, 0.717) is 15.6 Å². The van der Waals surface area contributed by atoms with Gasteiger partial charge in [0.2, 0.25) is 5.91 Å². The van der Waals surface area contributed by atoms with Gasteiger partial charge in [0.05, 0.1) is 16.1 Å². The van der Waals surface area contributed by atoms with Gasteiger partial charge in [-0.15, -0.1) is 11.3 Å². The molecule has 8 heteroatoms. The van der Waals surface area contributed by atoms with Crippen LogP contribution >= 0.6 is 11.3 Å². The largest absolute Gasteiger partial charge is 0.374 e. The molecule has 1 fully saturated rings. The van der Waals surface area contributed by atoms with Crippen LogP contribution in [-0.4, -0.2) is 28.8 Å². The molecule has 4 rings (SSSR count). The Hall–Kier alpha value is -3.00. The molecule has 1 aromatic heterocycles. The molecule has 1 aliphatic heterocycles. The molecule has 0 bridgehead atoms. The Balaban J connectivity index is 1.50. The molecule has 132 valence electrons. The van der Waals surface area contributed by atoms with Crippen molar-refractivity contribution in [2.24, 2.45) is 5.92 Å². The number of amides is 3. The minimum absolute atomic E-state index is 0.0474. The highest BCUT2D eigenvalue weighted by atomic mass is 32.1. The molecule has 7 nitrogen and oxygen atoms in total. The zero-order valence-corrected chi connectivity index (χ0v) is 14.6. The summed E-state index contributed by atoms with van der Waals surface area (Å²) in [6.07, 6.45) is 1.76. The maximum Gasteiger partial charge on any atom is 0.374 e. The topological polar surface area (TPSA) is 92.8 Å². The van der Waals surface area contributed by atoms with E-state index < -0.39 is 17.8 Å². The molecule has 1 aliphatic carbocycles. The first-order valence-corrected chi connectivity index (χ1v) is 8.89. The molecule has 2 aliphatic rings. The predicted molar refractivity (Wildman–Crippen MR) is 92.8 cm³/mol. The number of imide groups is 1. The molecule has 1 N–H and O–H groups in total. The summed E-state index contributed by atoms with van der Waals surface area (Å²) in [6, 6.07) is 7.95. The zero-order chi connectivity index (χ0) is 18.4. The first kappa shape index (κ1) is 16.5. The average Bonchev–Trinajstić information content (AvgIpc) is 3.38. The molecular weight excluding hydrogens is 356 g/mol. The van der Waals surface area contributed by atoms with Gasteiger partial charge in [0, 0.05) is 5.92 Å². The summed E-state index contributed by atoms with van der Waals surface area (Å²) >= 11 is 1.06. The van der Waals surface area contributed by atoms with Gasteiger partial charge in [-0.3, -0.25) is 14.4 Å². The Bertz CT molecular complexity index is 925. The molecule has 2 aromatic rings. The summed E-state index contributed by atoms with van der Waals surface area (Å²) in [4.78, 5) is 54.1. The van der Waals surface area contributed by atoms with Gasteiger partial charge in [-0.2, -0.15) is 0 Å². The van der Waals surface area contributed by atoms with E-state index in [9.17, 15) is 19.2 Å². The van der Waals surface area contributed by atoms with Crippen LogP contribution in [0.3, 0.4) is 0 Å². The van der Waals surface area contributed by atoms with Crippen molar-refractivity contribution in [2.75, 3.05) is 5.32 Å². The van der Waals surface area contributed by atoms with Crippen LogP contribution in [0, 0.1) is 12.8 Å². The number of hydroxylamine groups is 2. The van der Waals surface area contributed by atoms with Crippen molar-refractivity contribution >= 4 is 40.0 Å². The van der Waals surface area contributed by atoms with Crippen molar-refractivity contribution in [3.63, 3.8) is 0 Å². The van der Waals surface area contributed by atoms with Crippen LogP contribution in [0.4, 0.5) is 5.00 Å². The van der Waals surface area contributed by atoms with E-state index >= 15 is 0 Å². The number of fused-ring (bicyclic) bond motifs is 1. The van der Waals surface area contributed by atoms with E-state index in [4.69, 9.17) is 4.84 Å². The number of nitrogens with one attached hydrogen (secondary N) is 1. The standard InChI is InChI=1S/C18H14N2O5S/c1-9-8-13(19-15(21)10-6-7-10)26-14(9)18(24)25-20-16(22)11-4-2-3-5-12(11)17(20)23/h2-5,8,10H,6-7H2,1H3,(H,19,21). The number of aryl methyl sites for hydroxylation is 1. The molecule has 2 heterocycles. The summed E-state index contributed by atoms with van der Waals surface area (Å²) in [7, 11) is 0. The Morgan fingerprint density at radius 1 is 1.15 bits per heavy atom. The quantitative estimate of drug-likeness (QED) is 0.836. The minimum atomic E-state index is -0.811. The molecule has 0 atom stereocenters. The summed E-state index contributed by atoms with van der Waals surface area (Å²) in [5.74, 6) is -2.17. The van der Waals surface area contributed by atoms with Crippen molar-refractivity contribution in [2.45, 2.75) is 19.8 Å². The third kappa shape index (κ3) is 2.78. The van der Waals surface area contributed by atoms with Gasteiger partial charge >= 0.3 is 5.97 Å². The second kappa shape index (κ2) is 6.06. The number of carbonyl (C=O) groups is 4. The highest BCUT2D eigenvalue weighted by Crippen LogP contribution is 2.33. The maximum absolute atomic E-state index is 12.4. The normalized spacial score (nSPS) is 15.8. The van der Waals surface area contributed by atoms with E-state index in [-0.39, 0.29) is 27.8 Å². The first-order valence-electron chi connectivity index (χ1n) is 8.07. The molecule has 1 saturated carbocycles. The van der Waals surface area contributed by atoms with Crippen LogP contribution in [0.5, 0.6) is 0 Å². The van der Waals surface area contributed by atoms with E-state index in [1.165, 1.54) is 12.1 Å². The van der Waals surface area contributed by atoms with Crippen molar-refractivity contribution in [3.05, 3.63) is 51.9 Å². The summed E-state index contributed by atoms with van der Waals surface area (Å²) in [5.41, 5.74) is 0.999. The smallest absolute Gasteiger partial charge is 0.323 e. The summed E-state index contributed by atoms with van der Waals surface area (Å²) < 4.78 is 0. The molecular formula is C18H14N2O5S. The summed E-state index contributed by atoms with van der Waals surface area (Å²) in [5, 5.41) is 3.79. The Kier molecular flexibility index (Phi) is 3.84. The van der Waals surface area contributed by atoms with E-state index in [1.807, 2.05) is 0 Å². The minimum Gasteiger partial charge on any atom is -0.323 e. The SMILES string of the molecule is Cc1cc(NC(=O)C2CC2)sc1C(=O)ON1C(=O)c2ccccc2C1=O. The monoisotopic (exact) mass is 370 g/mol. The van der Waals surface area contributed by atoms with Crippen LogP contribution in [0.1, 0.15) is 48.8 Å². The highest BCUT2D eigenvalue weighted by molar-refractivity contribution is 7.18. The fraction of sp³-hybridized carbons (Fsp3) is 0.222. The number of thiophene rings is 1. The molecule has 3 amide bonds. The lowest BCUT2D eigenvalue weighted by molar-refractivity contribution is -0.117. The van der Waals surface area contributed by atoms with Crippen molar-refractivity contribution in [3.8, 4) is 0 Å². The lowest BCUT2D eigenvalue weighted by atomic mass is 10.1. The Morgan fingerprint density at radius 2 is 1.77 bits per heavy atom. The average molecular weight is 370 g/mol. The number of anilines is 1. The molecule has 26 heavy (non-hydrogen) atoms. The van der Waals surface area contributed by atoms with E-state index in [1.54, 1.807) is 25.1 Å². The van der Waals surface area contributed by atoms with Gasteiger partial charge in [-0.05, 0) is 43.5 Å². The molecule has 0 saturated heterocycles. The molecule has 0 unspecified atom stereocenters. The molecule has 0 spiro atoms.